The Labute approximate surface area is 118 Å². The Kier molecular flexibility index (Phi) is 3.72. The first kappa shape index (κ1) is 12.7. The number of halogens is 1. The van der Waals surface area contributed by atoms with Crippen LogP contribution < -0.4 is 3.07 Å². The van der Waals surface area contributed by atoms with Crippen molar-refractivity contribution in [1.29, 1.82) is 0 Å². The van der Waals surface area contributed by atoms with Crippen LogP contribution in [0.1, 0.15) is 15.9 Å². The fraction of sp³-hybridized carbons (Fsp3) is 0.0714. The highest BCUT2D eigenvalue weighted by Gasteiger charge is 2.19. The summed E-state index contributed by atoms with van der Waals surface area (Å²) in [4.78, 5) is 11.4. The second-order valence-corrected chi connectivity index (χ2v) is 4.16. The van der Waals surface area contributed by atoms with Gasteiger partial charge in [0.1, 0.15) is 5.56 Å². The lowest BCUT2D eigenvalue weighted by Gasteiger charge is -2.11. The first-order chi connectivity index (χ1) is 8.69. The minimum atomic E-state index is -1.03. The number of benzene rings is 2. The Bertz CT molecular complexity index is 656. The third-order valence-corrected chi connectivity index (χ3v) is 3.11. The molecule has 2 aromatic carbocycles. The second kappa shape index (κ2) is 5.27. The predicted octanol–water partition coefficient (Wildman–Crippen LogP) is 3.44. The Morgan fingerprint density at radius 1 is 1.44 bits per heavy atom. The van der Waals surface area contributed by atoms with Crippen LogP contribution in [0.3, 0.4) is 0 Å². The van der Waals surface area contributed by atoms with Crippen LogP contribution in [0.15, 0.2) is 30.3 Å². The van der Waals surface area contributed by atoms with Gasteiger partial charge in [0, 0.05) is 11.8 Å². The Balaban J connectivity index is 2.87. The van der Waals surface area contributed by atoms with Crippen molar-refractivity contribution in [2.75, 3.05) is 0 Å². The Hall–Kier alpha value is -1.74. The molecule has 90 valence electrons. The molecular weight excluding hydrogens is 343 g/mol. The molecule has 2 rings (SSSR count). The molecule has 0 radical (unpaired) electrons. The summed E-state index contributed by atoms with van der Waals surface area (Å²) in [5.41, 5.74) is 0.733. The molecule has 0 saturated carbocycles. The van der Waals surface area contributed by atoms with Crippen molar-refractivity contribution < 1.29 is 13.0 Å². The highest BCUT2D eigenvalue weighted by atomic mass is 127. The van der Waals surface area contributed by atoms with Gasteiger partial charge in [0.05, 0.1) is 0 Å². The number of hydrogen-bond acceptors (Lipinski definition) is 2. The predicted molar refractivity (Wildman–Crippen MR) is 78.1 cm³/mol. The molecule has 0 aliphatic rings. The van der Waals surface area contributed by atoms with E-state index in [9.17, 15) is 9.90 Å². The van der Waals surface area contributed by atoms with Gasteiger partial charge in [-0.3, -0.25) is 0 Å². The van der Waals surface area contributed by atoms with Crippen molar-refractivity contribution in [3.8, 4) is 18.1 Å². The van der Waals surface area contributed by atoms with Crippen LogP contribution >= 0.6 is 23.0 Å². The van der Waals surface area contributed by atoms with E-state index in [2.05, 4.69) is 5.92 Å². The number of carboxylic acid groups (broad SMARTS) is 1. The molecule has 3 nitrogen and oxygen atoms in total. The highest BCUT2D eigenvalue weighted by Crippen LogP contribution is 2.34. The van der Waals surface area contributed by atoms with Gasteiger partial charge >= 0.3 is 5.97 Å². The number of carboxylic acids is 1. The standard InChI is InChI=1S/C14H9IO3/c1-2-5-10-8-9-6-3-4-7-11(9)13(18-15)12(10)14(16)17/h1,3-4,6-8H,5H2,(H,16,17). The van der Waals surface area contributed by atoms with Gasteiger partial charge in [-0.15, -0.1) is 12.3 Å². The van der Waals surface area contributed by atoms with Crippen molar-refractivity contribution >= 4 is 39.7 Å². The summed E-state index contributed by atoms with van der Waals surface area (Å²) >= 11 is 1.69. The third-order valence-electron chi connectivity index (χ3n) is 2.67. The van der Waals surface area contributed by atoms with E-state index < -0.39 is 5.97 Å². The lowest BCUT2D eigenvalue weighted by molar-refractivity contribution is 0.0694. The van der Waals surface area contributed by atoms with Gasteiger partial charge < -0.3 is 8.17 Å². The third kappa shape index (κ3) is 2.14. The summed E-state index contributed by atoms with van der Waals surface area (Å²) in [7, 11) is 0. The normalized spacial score (nSPS) is 10.0. The Morgan fingerprint density at radius 3 is 2.78 bits per heavy atom. The molecule has 0 unspecified atom stereocenters. The van der Waals surface area contributed by atoms with Crippen molar-refractivity contribution in [1.82, 2.24) is 0 Å². The van der Waals surface area contributed by atoms with Gasteiger partial charge in [-0.25, -0.2) is 4.79 Å². The van der Waals surface area contributed by atoms with E-state index >= 15 is 0 Å². The summed E-state index contributed by atoms with van der Waals surface area (Å²) in [6, 6.07) is 9.26. The van der Waals surface area contributed by atoms with Crippen molar-refractivity contribution in [3.05, 3.63) is 41.5 Å². The minimum absolute atomic E-state index is 0.140. The van der Waals surface area contributed by atoms with Crippen LogP contribution in [-0.2, 0) is 6.42 Å². The van der Waals surface area contributed by atoms with E-state index in [0.717, 1.165) is 10.8 Å². The maximum atomic E-state index is 11.4. The lowest BCUT2D eigenvalue weighted by atomic mass is 9.97. The minimum Gasteiger partial charge on any atom is -0.478 e. The van der Waals surface area contributed by atoms with Gasteiger partial charge in [0.25, 0.3) is 0 Å². The van der Waals surface area contributed by atoms with E-state index in [1.165, 1.54) is 0 Å². The molecule has 0 fully saturated rings. The molecule has 0 atom stereocenters. The first-order valence-corrected chi connectivity index (χ1v) is 6.07. The fourth-order valence-corrected chi connectivity index (χ4v) is 2.39. The second-order valence-electron chi connectivity index (χ2n) is 3.72. The van der Waals surface area contributed by atoms with E-state index in [-0.39, 0.29) is 12.0 Å². The number of hydrogen-bond donors (Lipinski definition) is 1. The van der Waals surface area contributed by atoms with Gasteiger partial charge in [-0.05, 0) is 17.0 Å². The highest BCUT2D eigenvalue weighted by molar-refractivity contribution is 14.1. The zero-order chi connectivity index (χ0) is 13.1. The van der Waals surface area contributed by atoms with E-state index in [1.54, 1.807) is 29.1 Å². The Morgan fingerprint density at radius 2 is 2.17 bits per heavy atom. The van der Waals surface area contributed by atoms with Gasteiger partial charge in [-0.2, -0.15) is 0 Å². The van der Waals surface area contributed by atoms with Crippen molar-refractivity contribution in [2.24, 2.45) is 0 Å². The van der Waals surface area contributed by atoms with Crippen LogP contribution in [0.5, 0.6) is 5.75 Å². The quantitative estimate of drug-likeness (QED) is 0.680. The lowest BCUT2D eigenvalue weighted by Crippen LogP contribution is -2.04. The number of fused-ring (bicyclic) bond motifs is 1. The summed E-state index contributed by atoms with van der Waals surface area (Å²) in [5.74, 6) is 1.80. The maximum Gasteiger partial charge on any atom is 0.339 e. The molecule has 0 spiro atoms. The summed E-state index contributed by atoms with van der Waals surface area (Å²) in [6.45, 7) is 0. The van der Waals surface area contributed by atoms with Gasteiger partial charge in [0.15, 0.2) is 28.8 Å². The SMILES string of the molecule is C#CCc1cc2ccccc2c(OI)c1C(=O)O. The number of terminal acetylenes is 1. The molecule has 0 aromatic heterocycles. The molecule has 0 amide bonds. The van der Waals surface area contributed by atoms with Crippen LogP contribution in [0.4, 0.5) is 0 Å². The molecule has 0 saturated heterocycles. The van der Waals surface area contributed by atoms with Gasteiger partial charge in [-0.1, -0.05) is 24.3 Å². The van der Waals surface area contributed by atoms with E-state index in [1.807, 2.05) is 24.3 Å². The number of carbonyl (C=O) groups is 1. The molecule has 1 N–H and O–H groups in total. The van der Waals surface area contributed by atoms with Crippen LogP contribution in [0.25, 0.3) is 10.8 Å². The molecule has 2 aromatic rings. The fourth-order valence-electron chi connectivity index (χ4n) is 1.93. The number of aromatic carboxylic acids is 1. The topological polar surface area (TPSA) is 46.5 Å². The van der Waals surface area contributed by atoms with Crippen LogP contribution in [0.2, 0.25) is 0 Å². The maximum absolute atomic E-state index is 11.4. The average molecular weight is 352 g/mol. The van der Waals surface area contributed by atoms with Gasteiger partial charge in [0.2, 0.25) is 0 Å². The van der Waals surface area contributed by atoms with Crippen LogP contribution in [0, 0.1) is 12.3 Å². The molecule has 0 bridgehead atoms. The smallest absolute Gasteiger partial charge is 0.339 e. The van der Waals surface area contributed by atoms with Crippen LogP contribution in [-0.4, -0.2) is 11.1 Å². The molecule has 18 heavy (non-hydrogen) atoms. The average Bonchev–Trinajstić information content (AvgIpc) is 2.37. The monoisotopic (exact) mass is 352 g/mol. The number of rotatable bonds is 3. The molecule has 4 heteroatoms. The van der Waals surface area contributed by atoms with Crippen molar-refractivity contribution in [3.63, 3.8) is 0 Å². The largest absolute Gasteiger partial charge is 0.478 e. The summed E-state index contributed by atoms with van der Waals surface area (Å²) in [6.07, 6.45) is 5.54. The van der Waals surface area contributed by atoms with E-state index in [4.69, 9.17) is 9.49 Å². The summed E-state index contributed by atoms with van der Waals surface area (Å²) < 4.78 is 5.23. The molecule has 0 heterocycles. The zero-order valence-corrected chi connectivity index (χ0v) is 11.5. The first-order valence-electron chi connectivity index (χ1n) is 5.19. The van der Waals surface area contributed by atoms with E-state index in [0.29, 0.717) is 11.3 Å². The molecule has 0 aliphatic heterocycles. The molecule has 0 aliphatic carbocycles. The summed E-state index contributed by atoms with van der Waals surface area (Å²) in [5, 5.41) is 11.0. The zero-order valence-electron chi connectivity index (χ0n) is 9.31. The van der Waals surface area contributed by atoms with Crippen molar-refractivity contribution in [2.45, 2.75) is 6.42 Å². The molecular formula is C14H9IO3.